The van der Waals surface area contributed by atoms with E-state index in [-0.39, 0.29) is 5.41 Å². The second-order valence-corrected chi connectivity index (χ2v) is 4.45. The van der Waals surface area contributed by atoms with E-state index < -0.39 is 0 Å². The molecule has 0 unspecified atom stereocenters. The smallest absolute Gasteiger partial charge is 0.0228 e. The molecule has 0 aromatic carbocycles. The fourth-order valence-electron chi connectivity index (χ4n) is 1.57. The summed E-state index contributed by atoms with van der Waals surface area (Å²) in [7, 11) is 2.12. The molecule has 0 aliphatic rings. The summed E-state index contributed by atoms with van der Waals surface area (Å²) in [4.78, 5) is 0. The van der Waals surface area contributed by atoms with Gasteiger partial charge in [-0.2, -0.15) is 0 Å². The lowest BCUT2D eigenvalue weighted by molar-refractivity contribution is 0.543. The Balaban J connectivity index is 3.08. The zero-order valence-electron chi connectivity index (χ0n) is 8.81. The predicted octanol–water partition coefficient (Wildman–Crippen LogP) is 2.89. The van der Waals surface area contributed by atoms with Crippen molar-refractivity contribution in [2.24, 2.45) is 7.05 Å². The minimum Gasteiger partial charge on any atom is -0.354 e. The quantitative estimate of drug-likeness (QED) is 0.603. The zero-order chi connectivity index (χ0) is 9.35. The third-order valence-electron chi connectivity index (χ3n) is 2.24. The van der Waals surface area contributed by atoms with Crippen molar-refractivity contribution in [2.75, 3.05) is 0 Å². The molecule has 1 rings (SSSR count). The summed E-state index contributed by atoms with van der Waals surface area (Å²) in [5.74, 6) is 0. The third kappa shape index (κ3) is 1.71. The highest BCUT2D eigenvalue weighted by Crippen LogP contribution is 2.23. The molecule has 0 aliphatic carbocycles. The maximum absolute atomic E-state index is 2.31. The number of hydrogen-bond donors (Lipinski definition) is 0. The van der Waals surface area contributed by atoms with Gasteiger partial charge in [0.1, 0.15) is 0 Å². The van der Waals surface area contributed by atoms with E-state index in [9.17, 15) is 0 Å². The number of hydrogen-bond acceptors (Lipinski definition) is 0. The first-order valence-corrected chi connectivity index (χ1v) is 4.61. The van der Waals surface area contributed by atoms with Crippen molar-refractivity contribution in [3.63, 3.8) is 0 Å². The molecule has 1 heteroatoms. The van der Waals surface area contributed by atoms with Crippen LogP contribution in [0.3, 0.4) is 0 Å². The van der Waals surface area contributed by atoms with Crippen LogP contribution in [0.4, 0.5) is 0 Å². The van der Waals surface area contributed by atoms with E-state index in [0.717, 1.165) is 6.42 Å². The van der Waals surface area contributed by atoms with Crippen LogP contribution in [0.15, 0.2) is 12.3 Å². The lowest BCUT2D eigenvalue weighted by Gasteiger charge is -2.19. The van der Waals surface area contributed by atoms with Gasteiger partial charge in [-0.15, -0.1) is 0 Å². The Bertz CT molecular complexity index is 263. The maximum atomic E-state index is 2.31. The van der Waals surface area contributed by atoms with Crippen molar-refractivity contribution >= 4 is 0 Å². The van der Waals surface area contributed by atoms with Gasteiger partial charge in [0.05, 0.1) is 0 Å². The average Bonchev–Trinajstić information content (AvgIpc) is 2.29. The van der Waals surface area contributed by atoms with E-state index in [4.69, 9.17) is 0 Å². The molecule has 0 aliphatic heterocycles. The summed E-state index contributed by atoms with van der Waals surface area (Å²) in [6.07, 6.45) is 3.35. The monoisotopic (exact) mass is 165 g/mol. The standard InChI is InChI=1S/C11H19N/c1-6-9-7-10(11(2,3)4)12(5)8-9/h7-8H,6H2,1-5H3. The number of aryl methyl sites for hydroxylation is 2. The van der Waals surface area contributed by atoms with Crippen molar-refractivity contribution in [3.8, 4) is 0 Å². The van der Waals surface area contributed by atoms with E-state index in [1.807, 2.05) is 0 Å². The first kappa shape index (κ1) is 9.37. The number of rotatable bonds is 1. The molecular formula is C11H19N. The molecule has 0 bridgehead atoms. The van der Waals surface area contributed by atoms with Gasteiger partial charge in [0.25, 0.3) is 0 Å². The van der Waals surface area contributed by atoms with E-state index in [0.29, 0.717) is 0 Å². The minimum atomic E-state index is 0.266. The molecule has 0 saturated heterocycles. The Kier molecular flexibility index (Phi) is 2.31. The highest BCUT2D eigenvalue weighted by atomic mass is 14.9. The third-order valence-corrected chi connectivity index (χ3v) is 2.24. The van der Waals surface area contributed by atoms with Crippen LogP contribution in [0, 0.1) is 0 Å². The summed E-state index contributed by atoms with van der Waals surface area (Å²) in [5, 5.41) is 0. The van der Waals surface area contributed by atoms with Gasteiger partial charge in [0, 0.05) is 24.4 Å². The van der Waals surface area contributed by atoms with Crippen LogP contribution in [0.2, 0.25) is 0 Å². The van der Waals surface area contributed by atoms with Gasteiger partial charge in [-0.25, -0.2) is 0 Å². The van der Waals surface area contributed by atoms with Gasteiger partial charge in [-0.1, -0.05) is 27.7 Å². The maximum Gasteiger partial charge on any atom is 0.0228 e. The van der Waals surface area contributed by atoms with Gasteiger partial charge in [-0.3, -0.25) is 0 Å². The van der Waals surface area contributed by atoms with Crippen LogP contribution in [0.25, 0.3) is 0 Å². The summed E-state index contributed by atoms with van der Waals surface area (Å²) in [6.45, 7) is 8.95. The van der Waals surface area contributed by atoms with E-state index in [1.54, 1.807) is 0 Å². The lowest BCUT2D eigenvalue weighted by Crippen LogP contribution is -2.15. The fraction of sp³-hybridized carbons (Fsp3) is 0.636. The van der Waals surface area contributed by atoms with Crippen molar-refractivity contribution in [1.82, 2.24) is 4.57 Å². The molecule has 1 aromatic heterocycles. The first-order valence-electron chi connectivity index (χ1n) is 4.61. The van der Waals surface area contributed by atoms with Crippen molar-refractivity contribution in [3.05, 3.63) is 23.5 Å². The van der Waals surface area contributed by atoms with Crippen LogP contribution >= 0.6 is 0 Å². The second kappa shape index (κ2) is 2.96. The Morgan fingerprint density at radius 1 is 1.33 bits per heavy atom. The molecule has 1 aromatic rings. The summed E-state index contributed by atoms with van der Waals surface area (Å²) in [5.41, 5.74) is 3.11. The van der Waals surface area contributed by atoms with Gasteiger partial charge in [0.15, 0.2) is 0 Å². The minimum absolute atomic E-state index is 0.266. The van der Waals surface area contributed by atoms with Crippen LogP contribution in [-0.4, -0.2) is 4.57 Å². The van der Waals surface area contributed by atoms with Crippen molar-refractivity contribution in [2.45, 2.75) is 39.5 Å². The molecule has 0 spiro atoms. The van der Waals surface area contributed by atoms with E-state index in [2.05, 4.69) is 51.6 Å². The average molecular weight is 165 g/mol. The normalized spacial score (nSPS) is 12.1. The van der Waals surface area contributed by atoms with Crippen LogP contribution in [-0.2, 0) is 18.9 Å². The Morgan fingerprint density at radius 2 is 1.92 bits per heavy atom. The highest BCUT2D eigenvalue weighted by Gasteiger charge is 2.17. The number of aromatic nitrogens is 1. The molecule has 0 radical (unpaired) electrons. The molecule has 1 nitrogen and oxygen atoms in total. The summed E-state index contributed by atoms with van der Waals surface area (Å²) < 4.78 is 2.23. The molecule has 0 amide bonds. The Hall–Kier alpha value is -0.720. The van der Waals surface area contributed by atoms with Gasteiger partial charge >= 0.3 is 0 Å². The van der Waals surface area contributed by atoms with Crippen LogP contribution in [0.1, 0.15) is 39.0 Å². The Morgan fingerprint density at radius 3 is 2.17 bits per heavy atom. The fourth-order valence-corrected chi connectivity index (χ4v) is 1.57. The topological polar surface area (TPSA) is 4.93 Å². The van der Waals surface area contributed by atoms with Crippen LogP contribution < -0.4 is 0 Å². The molecule has 68 valence electrons. The summed E-state index contributed by atoms with van der Waals surface area (Å²) in [6, 6.07) is 2.31. The lowest BCUT2D eigenvalue weighted by atomic mass is 9.92. The first-order chi connectivity index (χ1) is 5.45. The predicted molar refractivity (Wildman–Crippen MR) is 53.5 cm³/mol. The van der Waals surface area contributed by atoms with Gasteiger partial charge in [0.2, 0.25) is 0 Å². The molecule has 0 saturated carbocycles. The number of nitrogens with zero attached hydrogens (tertiary/aromatic N) is 1. The molecular weight excluding hydrogens is 146 g/mol. The highest BCUT2D eigenvalue weighted by molar-refractivity contribution is 5.23. The molecule has 0 atom stereocenters. The molecule has 12 heavy (non-hydrogen) atoms. The van der Waals surface area contributed by atoms with Crippen molar-refractivity contribution < 1.29 is 0 Å². The SMILES string of the molecule is CCc1cc(C(C)(C)C)n(C)c1. The second-order valence-electron chi connectivity index (χ2n) is 4.45. The molecule has 0 N–H and O–H groups in total. The molecule has 0 fully saturated rings. The van der Waals surface area contributed by atoms with Gasteiger partial charge < -0.3 is 4.57 Å². The van der Waals surface area contributed by atoms with E-state index >= 15 is 0 Å². The summed E-state index contributed by atoms with van der Waals surface area (Å²) >= 11 is 0. The Labute approximate surface area is 75.4 Å². The van der Waals surface area contributed by atoms with Crippen LogP contribution in [0.5, 0.6) is 0 Å². The zero-order valence-corrected chi connectivity index (χ0v) is 8.81. The van der Waals surface area contributed by atoms with Gasteiger partial charge in [-0.05, 0) is 18.1 Å². The largest absolute Gasteiger partial charge is 0.354 e. The van der Waals surface area contributed by atoms with Crippen molar-refractivity contribution in [1.29, 1.82) is 0 Å². The molecule has 1 heterocycles. The van der Waals surface area contributed by atoms with E-state index in [1.165, 1.54) is 11.3 Å².